The van der Waals surface area contributed by atoms with Crippen LogP contribution in [0.15, 0.2) is 36.4 Å². The molecule has 0 saturated carbocycles. The molecule has 138 valence electrons. The topological polar surface area (TPSA) is 124 Å². The van der Waals surface area contributed by atoms with Gasteiger partial charge in [0.05, 0.1) is 14.2 Å². The van der Waals surface area contributed by atoms with Crippen molar-refractivity contribution < 1.29 is 38.7 Å². The van der Waals surface area contributed by atoms with Crippen molar-refractivity contribution in [1.82, 2.24) is 4.98 Å². The second-order valence-electron chi connectivity index (χ2n) is 4.92. The lowest BCUT2D eigenvalue weighted by Gasteiger charge is -2.23. The van der Waals surface area contributed by atoms with Crippen molar-refractivity contribution in [3.63, 3.8) is 0 Å². The van der Waals surface area contributed by atoms with Gasteiger partial charge >= 0.3 is 11.9 Å². The maximum Gasteiger partial charge on any atom is 0.348 e. The Morgan fingerprint density at radius 2 is 1.77 bits per heavy atom. The maximum absolute atomic E-state index is 10.6. The fourth-order valence-corrected chi connectivity index (χ4v) is 2.00. The smallest absolute Gasteiger partial charge is 0.348 e. The fourth-order valence-electron chi connectivity index (χ4n) is 2.00. The van der Waals surface area contributed by atoms with E-state index in [0.29, 0.717) is 17.4 Å². The minimum absolute atomic E-state index is 0.0169. The molecule has 1 aliphatic rings. The van der Waals surface area contributed by atoms with Crippen molar-refractivity contribution in [3.05, 3.63) is 42.0 Å². The van der Waals surface area contributed by atoms with Crippen molar-refractivity contribution in [3.8, 4) is 23.3 Å². The lowest BCUT2D eigenvalue weighted by Crippen LogP contribution is -2.36. The molecule has 0 spiro atoms. The number of benzene rings is 1. The van der Waals surface area contributed by atoms with E-state index in [0.717, 1.165) is 0 Å². The monoisotopic (exact) mass is 363 g/mol. The highest BCUT2D eigenvalue weighted by atomic mass is 16.6. The second-order valence-corrected chi connectivity index (χ2v) is 4.92. The van der Waals surface area contributed by atoms with E-state index in [2.05, 4.69) is 4.98 Å². The Kier molecular flexibility index (Phi) is 6.20. The number of fused-ring (bicyclic) bond motifs is 1. The van der Waals surface area contributed by atoms with Crippen LogP contribution >= 0.6 is 0 Å². The van der Waals surface area contributed by atoms with E-state index in [-0.39, 0.29) is 18.1 Å². The number of hydrogen-bond donors (Lipinski definition) is 2. The lowest BCUT2D eigenvalue weighted by molar-refractivity contribution is -0.147. The zero-order valence-corrected chi connectivity index (χ0v) is 14.0. The Bertz CT molecular complexity index is 792. The molecule has 2 N–H and O–H groups in total. The van der Waals surface area contributed by atoms with Crippen molar-refractivity contribution in [2.24, 2.45) is 0 Å². The predicted molar refractivity (Wildman–Crippen MR) is 88.3 cm³/mol. The molecule has 1 atom stereocenters. The number of methoxy groups -OCH3 is 2. The molecule has 26 heavy (non-hydrogen) atoms. The SMILES string of the molecule is COc1ccc(C(=O)O)c(OC)n1.O=C(O)C1COc2ccccc2O1. The first-order valence-electron chi connectivity index (χ1n) is 7.40. The Labute approximate surface area is 148 Å². The molecule has 0 saturated heterocycles. The first-order chi connectivity index (χ1) is 12.5. The number of nitrogens with zero attached hydrogens (tertiary/aromatic N) is 1. The van der Waals surface area contributed by atoms with E-state index in [4.69, 9.17) is 29.2 Å². The molecule has 1 aromatic carbocycles. The highest BCUT2D eigenvalue weighted by Crippen LogP contribution is 2.30. The number of rotatable bonds is 4. The molecule has 1 aromatic heterocycles. The molecule has 9 heteroatoms. The standard InChI is InChI=1S/C9H8O4.C8H9NO4/c10-9(11)8-5-12-6-3-1-2-4-7(6)13-8;1-12-6-4-3-5(8(10)11)7(9-6)13-2/h1-4,8H,5H2,(H,10,11);3-4H,1-2H3,(H,10,11). The van der Waals surface area contributed by atoms with Crippen LogP contribution in [0.2, 0.25) is 0 Å². The summed E-state index contributed by atoms with van der Waals surface area (Å²) < 4.78 is 19.9. The van der Waals surface area contributed by atoms with Crippen molar-refractivity contribution in [2.45, 2.75) is 6.10 Å². The minimum atomic E-state index is -1.08. The molecular formula is C17H17NO8. The summed E-state index contributed by atoms with van der Waals surface area (Å²) >= 11 is 0. The van der Waals surface area contributed by atoms with Crippen LogP contribution in [0.3, 0.4) is 0 Å². The molecule has 0 amide bonds. The van der Waals surface area contributed by atoms with Gasteiger partial charge in [-0.3, -0.25) is 0 Å². The molecule has 3 rings (SSSR count). The van der Waals surface area contributed by atoms with Crippen LogP contribution in [0.25, 0.3) is 0 Å². The summed E-state index contributed by atoms with van der Waals surface area (Å²) in [4.78, 5) is 25.0. The number of ether oxygens (including phenoxy) is 4. The quantitative estimate of drug-likeness (QED) is 0.835. The summed E-state index contributed by atoms with van der Waals surface area (Å²) in [7, 11) is 2.80. The van der Waals surface area contributed by atoms with Gasteiger partial charge in [0, 0.05) is 6.07 Å². The largest absolute Gasteiger partial charge is 0.485 e. The number of pyridine rings is 1. The lowest BCUT2D eigenvalue weighted by atomic mass is 10.2. The van der Waals surface area contributed by atoms with Crippen LogP contribution in [0.1, 0.15) is 10.4 Å². The third kappa shape index (κ3) is 4.53. The fraction of sp³-hybridized carbons (Fsp3) is 0.235. The Balaban J connectivity index is 0.000000187. The molecule has 0 radical (unpaired) electrons. The summed E-state index contributed by atoms with van der Waals surface area (Å²) in [6.07, 6.45) is -0.894. The van der Waals surface area contributed by atoms with E-state index < -0.39 is 18.0 Å². The first kappa shape index (κ1) is 18.8. The number of hydrogen-bond acceptors (Lipinski definition) is 7. The van der Waals surface area contributed by atoms with Crippen LogP contribution in [0.5, 0.6) is 23.3 Å². The van der Waals surface area contributed by atoms with Crippen LogP contribution in [-0.4, -0.2) is 54.1 Å². The number of aromatic nitrogens is 1. The Hall–Kier alpha value is -3.49. The number of carbonyl (C=O) groups is 2. The number of para-hydroxylation sites is 2. The number of carboxylic acids is 2. The van der Waals surface area contributed by atoms with Gasteiger partial charge in [-0.2, -0.15) is 4.98 Å². The molecule has 0 fully saturated rings. The summed E-state index contributed by atoms with van der Waals surface area (Å²) in [5, 5.41) is 17.4. The molecule has 0 bridgehead atoms. The van der Waals surface area contributed by atoms with Crippen LogP contribution < -0.4 is 18.9 Å². The maximum atomic E-state index is 10.6. The molecule has 9 nitrogen and oxygen atoms in total. The molecule has 0 aliphatic carbocycles. The van der Waals surface area contributed by atoms with Crippen LogP contribution in [-0.2, 0) is 4.79 Å². The minimum Gasteiger partial charge on any atom is -0.485 e. The van der Waals surface area contributed by atoms with Crippen molar-refractivity contribution in [2.75, 3.05) is 20.8 Å². The second kappa shape index (κ2) is 8.56. The van der Waals surface area contributed by atoms with Gasteiger partial charge in [0.1, 0.15) is 12.2 Å². The summed E-state index contributed by atoms with van der Waals surface area (Å²) in [6, 6.07) is 9.85. The van der Waals surface area contributed by atoms with E-state index in [1.54, 1.807) is 18.2 Å². The van der Waals surface area contributed by atoms with E-state index in [1.165, 1.54) is 26.4 Å². The van der Waals surface area contributed by atoms with E-state index >= 15 is 0 Å². The number of aromatic carboxylic acids is 1. The molecule has 2 heterocycles. The molecular weight excluding hydrogens is 346 g/mol. The van der Waals surface area contributed by atoms with Gasteiger partial charge in [0.2, 0.25) is 17.9 Å². The Morgan fingerprint density at radius 3 is 2.35 bits per heavy atom. The zero-order valence-electron chi connectivity index (χ0n) is 14.0. The average molecular weight is 363 g/mol. The van der Waals surface area contributed by atoms with Gasteiger partial charge < -0.3 is 29.2 Å². The highest BCUT2D eigenvalue weighted by Gasteiger charge is 2.26. The normalized spacial score (nSPS) is 14.5. The van der Waals surface area contributed by atoms with Crippen LogP contribution in [0, 0.1) is 0 Å². The predicted octanol–water partition coefficient (Wildman–Crippen LogP) is 1.71. The summed E-state index contributed by atoms with van der Waals surface area (Å²) in [5.41, 5.74) is 0.0169. The van der Waals surface area contributed by atoms with Gasteiger partial charge in [0.25, 0.3) is 0 Å². The van der Waals surface area contributed by atoms with Gasteiger partial charge in [-0.05, 0) is 18.2 Å². The van der Waals surface area contributed by atoms with E-state index in [9.17, 15) is 9.59 Å². The zero-order chi connectivity index (χ0) is 19.1. The molecule has 1 aliphatic heterocycles. The number of aliphatic carboxylic acids is 1. The summed E-state index contributed by atoms with van der Waals surface area (Å²) in [5.74, 6) is -0.628. The first-order valence-corrected chi connectivity index (χ1v) is 7.40. The third-order valence-electron chi connectivity index (χ3n) is 3.25. The van der Waals surface area contributed by atoms with Gasteiger partial charge in [-0.1, -0.05) is 12.1 Å². The highest BCUT2D eigenvalue weighted by molar-refractivity contribution is 5.90. The number of carboxylic acid groups (broad SMARTS) is 2. The van der Waals surface area contributed by atoms with Crippen molar-refractivity contribution >= 4 is 11.9 Å². The van der Waals surface area contributed by atoms with Gasteiger partial charge in [-0.25, -0.2) is 9.59 Å². The molecule has 2 aromatic rings. The van der Waals surface area contributed by atoms with E-state index in [1.807, 2.05) is 6.07 Å². The third-order valence-corrected chi connectivity index (χ3v) is 3.25. The van der Waals surface area contributed by atoms with Gasteiger partial charge in [-0.15, -0.1) is 0 Å². The summed E-state index contributed by atoms with van der Waals surface area (Å²) in [6.45, 7) is 0.0619. The van der Waals surface area contributed by atoms with Gasteiger partial charge in [0.15, 0.2) is 11.5 Å². The van der Waals surface area contributed by atoms with Crippen LogP contribution in [0.4, 0.5) is 0 Å². The molecule has 1 unspecified atom stereocenters. The van der Waals surface area contributed by atoms with Crippen molar-refractivity contribution in [1.29, 1.82) is 0 Å². The Morgan fingerprint density at radius 1 is 1.08 bits per heavy atom. The average Bonchev–Trinajstić information content (AvgIpc) is 2.67.